The van der Waals surface area contributed by atoms with Gasteiger partial charge in [-0.05, 0) is 42.8 Å². The Kier molecular flexibility index (Phi) is 2.28. The molecule has 4 rings (SSSR count). The Morgan fingerprint density at radius 3 is 2.79 bits per heavy atom. The summed E-state index contributed by atoms with van der Waals surface area (Å²) in [5.74, 6) is 0. The molecule has 2 nitrogen and oxygen atoms in total. The number of halogens is 1. The number of hydrogen-bond acceptors (Lipinski definition) is 3. The predicted octanol–water partition coefficient (Wildman–Crippen LogP) is 4.96. The van der Waals surface area contributed by atoms with Gasteiger partial charge in [-0.3, -0.25) is 0 Å². The number of benzene rings is 2. The second-order valence-corrected chi connectivity index (χ2v) is 6.08. The van der Waals surface area contributed by atoms with Gasteiger partial charge in [0.05, 0.1) is 11.0 Å². The SMILES string of the molecule is Cc1ccc2nc3sc4cc(Cl)ccc4c3nc2c1. The van der Waals surface area contributed by atoms with Crippen molar-refractivity contribution in [3.63, 3.8) is 0 Å². The Bertz CT molecular complexity index is 943. The maximum atomic E-state index is 6.04. The van der Waals surface area contributed by atoms with Gasteiger partial charge < -0.3 is 0 Å². The van der Waals surface area contributed by atoms with E-state index in [1.165, 1.54) is 5.56 Å². The van der Waals surface area contributed by atoms with Gasteiger partial charge in [-0.2, -0.15) is 0 Å². The van der Waals surface area contributed by atoms with Gasteiger partial charge in [-0.25, -0.2) is 9.97 Å². The van der Waals surface area contributed by atoms with E-state index in [-0.39, 0.29) is 0 Å². The van der Waals surface area contributed by atoms with E-state index >= 15 is 0 Å². The summed E-state index contributed by atoms with van der Waals surface area (Å²) in [7, 11) is 0. The van der Waals surface area contributed by atoms with Gasteiger partial charge in [0.25, 0.3) is 0 Å². The van der Waals surface area contributed by atoms with E-state index in [0.717, 1.165) is 36.5 Å². The van der Waals surface area contributed by atoms with Crippen LogP contribution in [-0.4, -0.2) is 9.97 Å². The van der Waals surface area contributed by atoms with Gasteiger partial charge in [-0.1, -0.05) is 17.7 Å². The van der Waals surface area contributed by atoms with Crippen LogP contribution < -0.4 is 0 Å². The van der Waals surface area contributed by atoms with Crippen molar-refractivity contribution >= 4 is 54.4 Å². The third-order valence-corrected chi connectivity index (χ3v) is 4.46. The molecule has 0 aliphatic heterocycles. The lowest BCUT2D eigenvalue weighted by Gasteiger charge is -1.98. The van der Waals surface area contributed by atoms with Gasteiger partial charge in [0.15, 0.2) is 0 Å². The van der Waals surface area contributed by atoms with E-state index in [4.69, 9.17) is 21.6 Å². The molecule has 4 heteroatoms. The summed E-state index contributed by atoms with van der Waals surface area (Å²) in [6, 6.07) is 12.1. The van der Waals surface area contributed by atoms with E-state index in [2.05, 4.69) is 19.1 Å². The minimum atomic E-state index is 0.749. The van der Waals surface area contributed by atoms with Crippen molar-refractivity contribution in [1.29, 1.82) is 0 Å². The summed E-state index contributed by atoms with van der Waals surface area (Å²) < 4.78 is 1.13. The molecule has 0 saturated heterocycles. The number of rotatable bonds is 0. The molecule has 4 aromatic rings. The Morgan fingerprint density at radius 1 is 1.00 bits per heavy atom. The average molecular weight is 285 g/mol. The molecule has 0 spiro atoms. The van der Waals surface area contributed by atoms with Gasteiger partial charge in [0.2, 0.25) is 0 Å². The van der Waals surface area contributed by atoms with Crippen LogP contribution in [0.4, 0.5) is 0 Å². The highest BCUT2D eigenvalue weighted by Gasteiger charge is 2.09. The molecule has 0 unspecified atom stereocenters. The normalized spacial score (nSPS) is 11.7. The zero-order valence-electron chi connectivity index (χ0n) is 10.1. The maximum absolute atomic E-state index is 6.04. The number of aromatic nitrogens is 2. The first-order valence-electron chi connectivity index (χ1n) is 5.97. The molecule has 0 aliphatic carbocycles. The zero-order chi connectivity index (χ0) is 13.0. The van der Waals surface area contributed by atoms with E-state index in [1.807, 2.05) is 24.3 Å². The number of thiophene rings is 1. The molecule has 92 valence electrons. The fourth-order valence-corrected chi connectivity index (χ4v) is 3.58. The second-order valence-electron chi connectivity index (χ2n) is 4.61. The van der Waals surface area contributed by atoms with Crippen LogP contribution in [0.15, 0.2) is 36.4 Å². The van der Waals surface area contributed by atoms with Crippen molar-refractivity contribution in [2.45, 2.75) is 6.92 Å². The molecular weight excluding hydrogens is 276 g/mol. The first-order chi connectivity index (χ1) is 9.20. The lowest BCUT2D eigenvalue weighted by molar-refractivity contribution is 1.40. The van der Waals surface area contributed by atoms with Crippen LogP contribution in [0, 0.1) is 6.92 Å². The van der Waals surface area contributed by atoms with Crippen molar-refractivity contribution < 1.29 is 0 Å². The van der Waals surface area contributed by atoms with Crippen LogP contribution in [0.5, 0.6) is 0 Å². The van der Waals surface area contributed by atoms with Gasteiger partial charge in [0, 0.05) is 15.1 Å². The summed E-state index contributed by atoms with van der Waals surface area (Å²) in [6.07, 6.45) is 0. The Balaban J connectivity index is 2.20. The maximum Gasteiger partial charge on any atom is 0.143 e. The number of fused-ring (bicyclic) bond motifs is 4. The van der Waals surface area contributed by atoms with Crippen LogP contribution >= 0.6 is 22.9 Å². The average Bonchev–Trinajstić information content (AvgIpc) is 2.72. The quantitative estimate of drug-likeness (QED) is 0.456. The molecule has 0 fully saturated rings. The lowest BCUT2D eigenvalue weighted by atomic mass is 10.2. The van der Waals surface area contributed by atoms with Crippen LogP contribution in [0.3, 0.4) is 0 Å². The minimum Gasteiger partial charge on any atom is -0.243 e. The van der Waals surface area contributed by atoms with E-state index in [9.17, 15) is 0 Å². The minimum absolute atomic E-state index is 0.749. The number of aryl methyl sites for hydroxylation is 1. The molecule has 0 radical (unpaired) electrons. The standard InChI is InChI=1S/C15H9ClN2S/c1-8-2-5-11-12(6-8)17-14-10-4-3-9(16)7-13(10)19-15(14)18-11/h2-7H,1H3. The molecule has 0 aliphatic rings. The summed E-state index contributed by atoms with van der Waals surface area (Å²) in [5.41, 5.74) is 4.05. The van der Waals surface area contributed by atoms with Crippen molar-refractivity contribution in [2.75, 3.05) is 0 Å². The third-order valence-electron chi connectivity index (χ3n) is 3.19. The smallest absolute Gasteiger partial charge is 0.143 e. The van der Waals surface area contributed by atoms with Crippen LogP contribution in [-0.2, 0) is 0 Å². The van der Waals surface area contributed by atoms with Gasteiger partial charge in [0.1, 0.15) is 10.3 Å². The highest BCUT2D eigenvalue weighted by molar-refractivity contribution is 7.25. The first-order valence-corrected chi connectivity index (χ1v) is 7.16. The van der Waals surface area contributed by atoms with E-state index in [1.54, 1.807) is 11.3 Å². The molecule has 0 atom stereocenters. The molecule has 2 aromatic heterocycles. The highest BCUT2D eigenvalue weighted by atomic mass is 35.5. The first kappa shape index (κ1) is 11.1. The number of nitrogens with zero attached hydrogens (tertiary/aromatic N) is 2. The summed E-state index contributed by atoms with van der Waals surface area (Å²) in [5, 5.41) is 1.87. The van der Waals surface area contributed by atoms with Crippen molar-refractivity contribution in [1.82, 2.24) is 9.97 Å². The molecule has 0 N–H and O–H groups in total. The second kappa shape index (κ2) is 3.89. The van der Waals surface area contributed by atoms with Crippen molar-refractivity contribution in [2.24, 2.45) is 0 Å². The van der Waals surface area contributed by atoms with Crippen molar-refractivity contribution in [3.05, 3.63) is 47.0 Å². The molecule has 19 heavy (non-hydrogen) atoms. The zero-order valence-corrected chi connectivity index (χ0v) is 11.7. The van der Waals surface area contributed by atoms with E-state index in [0.29, 0.717) is 0 Å². The Hall–Kier alpha value is -1.71. The number of hydrogen-bond donors (Lipinski definition) is 0. The predicted molar refractivity (Wildman–Crippen MR) is 82.2 cm³/mol. The Morgan fingerprint density at radius 2 is 1.89 bits per heavy atom. The van der Waals surface area contributed by atoms with Crippen LogP contribution in [0.25, 0.3) is 31.5 Å². The summed E-state index contributed by atoms with van der Waals surface area (Å²) >= 11 is 7.67. The molecule has 2 heterocycles. The Labute approximate surface area is 118 Å². The molecule has 0 amide bonds. The molecule has 0 bridgehead atoms. The van der Waals surface area contributed by atoms with Crippen LogP contribution in [0.1, 0.15) is 5.56 Å². The van der Waals surface area contributed by atoms with E-state index < -0.39 is 0 Å². The molecule has 0 saturated carbocycles. The lowest BCUT2D eigenvalue weighted by Crippen LogP contribution is -1.85. The summed E-state index contributed by atoms with van der Waals surface area (Å²) in [6.45, 7) is 2.07. The molecule has 2 aromatic carbocycles. The van der Waals surface area contributed by atoms with Crippen LogP contribution in [0.2, 0.25) is 5.02 Å². The molecular formula is C15H9ClN2S. The topological polar surface area (TPSA) is 25.8 Å². The third kappa shape index (κ3) is 1.70. The van der Waals surface area contributed by atoms with Gasteiger partial charge in [-0.15, -0.1) is 11.3 Å². The highest BCUT2D eigenvalue weighted by Crippen LogP contribution is 2.34. The largest absolute Gasteiger partial charge is 0.243 e. The van der Waals surface area contributed by atoms with Gasteiger partial charge >= 0.3 is 0 Å². The fraction of sp³-hybridized carbons (Fsp3) is 0.0667. The fourth-order valence-electron chi connectivity index (χ4n) is 2.28. The monoisotopic (exact) mass is 284 g/mol. The summed E-state index contributed by atoms with van der Waals surface area (Å²) in [4.78, 5) is 10.4. The van der Waals surface area contributed by atoms with Crippen molar-refractivity contribution in [3.8, 4) is 0 Å².